The second kappa shape index (κ2) is 9.57. The maximum atomic E-state index is 12.6. The number of likely N-dealkylation sites (N-methyl/N-ethyl adjacent to an activating group) is 1. The molecule has 0 atom stereocenters. The van der Waals surface area contributed by atoms with Gasteiger partial charge in [-0.15, -0.1) is 0 Å². The molecule has 0 bridgehead atoms. The molecule has 1 aliphatic rings. The number of hydrogen-bond acceptors (Lipinski definition) is 4. The average Bonchev–Trinajstić information content (AvgIpc) is 2.92. The van der Waals surface area contributed by atoms with Gasteiger partial charge in [-0.05, 0) is 72.2 Å². The van der Waals surface area contributed by atoms with E-state index in [1.54, 1.807) is 23.2 Å². The van der Waals surface area contributed by atoms with Crippen LogP contribution in [0, 0.1) is 6.92 Å². The van der Waals surface area contributed by atoms with Crippen LogP contribution in [0.4, 0.5) is 11.5 Å². The summed E-state index contributed by atoms with van der Waals surface area (Å²) in [6, 6.07) is 6.31. The molecule has 1 aromatic carbocycles. The zero-order valence-corrected chi connectivity index (χ0v) is 18.2. The lowest BCUT2D eigenvalue weighted by Gasteiger charge is -2.19. The molecule has 0 saturated heterocycles. The molecule has 6 nitrogen and oxygen atoms in total. The fourth-order valence-corrected chi connectivity index (χ4v) is 3.68. The summed E-state index contributed by atoms with van der Waals surface area (Å²) in [5.41, 5.74) is 6.57. The SMILES string of the molecule is CCc1cc(CN(C)C(=O)/C=C/c2cnc3c(c2)CCCC(=O)N3)c(C)cc1NC. The molecule has 0 radical (unpaired) electrons. The number of carbonyl (C=O) groups is 2. The minimum absolute atomic E-state index is 0.00520. The van der Waals surface area contributed by atoms with E-state index in [0.29, 0.717) is 18.8 Å². The van der Waals surface area contributed by atoms with Crippen molar-refractivity contribution >= 4 is 29.4 Å². The molecular formula is C24H30N4O2. The number of fused-ring (bicyclic) bond motifs is 1. The zero-order chi connectivity index (χ0) is 21.7. The number of carbonyl (C=O) groups excluding carboxylic acids is 2. The second-order valence-electron chi connectivity index (χ2n) is 7.75. The van der Waals surface area contributed by atoms with E-state index in [9.17, 15) is 9.59 Å². The Labute approximate surface area is 178 Å². The molecule has 0 aliphatic carbocycles. The fraction of sp³-hybridized carbons (Fsp3) is 0.375. The molecule has 30 heavy (non-hydrogen) atoms. The smallest absolute Gasteiger partial charge is 0.246 e. The molecule has 1 aliphatic heterocycles. The Bertz CT molecular complexity index is 981. The first-order valence-corrected chi connectivity index (χ1v) is 10.4. The first kappa shape index (κ1) is 21.6. The molecule has 3 rings (SSSR count). The molecule has 0 spiro atoms. The third kappa shape index (κ3) is 5.06. The molecule has 1 aromatic heterocycles. The van der Waals surface area contributed by atoms with Gasteiger partial charge >= 0.3 is 0 Å². The predicted molar refractivity (Wildman–Crippen MR) is 121 cm³/mol. The van der Waals surface area contributed by atoms with Gasteiger partial charge in [0.15, 0.2) is 0 Å². The minimum atomic E-state index is -0.0617. The van der Waals surface area contributed by atoms with E-state index in [2.05, 4.69) is 41.6 Å². The van der Waals surface area contributed by atoms with Gasteiger partial charge in [-0.2, -0.15) is 0 Å². The van der Waals surface area contributed by atoms with Gasteiger partial charge in [-0.1, -0.05) is 13.0 Å². The average molecular weight is 407 g/mol. The van der Waals surface area contributed by atoms with E-state index in [-0.39, 0.29) is 11.8 Å². The van der Waals surface area contributed by atoms with Crippen molar-refractivity contribution in [2.45, 2.75) is 46.1 Å². The fourth-order valence-electron chi connectivity index (χ4n) is 3.68. The third-order valence-electron chi connectivity index (χ3n) is 5.51. The molecule has 2 N–H and O–H groups in total. The van der Waals surface area contributed by atoms with Gasteiger partial charge in [-0.3, -0.25) is 9.59 Å². The molecule has 6 heteroatoms. The first-order chi connectivity index (χ1) is 14.4. The van der Waals surface area contributed by atoms with Crippen LogP contribution in [0.2, 0.25) is 0 Å². The van der Waals surface area contributed by atoms with E-state index >= 15 is 0 Å². The molecule has 2 aromatic rings. The van der Waals surface area contributed by atoms with E-state index in [4.69, 9.17) is 0 Å². The van der Waals surface area contributed by atoms with Gasteiger partial charge in [0.05, 0.1) is 0 Å². The highest BCUT2D eigenvalue weighted by molar-refractivity contribution is 5.92. The van der Waals surface area contributed by atoms with Gasteiger partial charge < -0.3 is 15.5 Å². The number of benzene rings is 1. The number of aromatic nitrogens is 1. The maximum Gasteiger partial charge on any atom is 0.246 e. The molecule has 2 amide bonds. The van der Waals surface area contributed by atoms with Crippen molar-refractivity contribution in [2.75, 3.05) is 24.7 Å². The van der Waals surface area contributed by atoms with Crippen LogP contribution in [-0.2, 0) is 29.0 Å². The summed E-state index contributed by atoms with van der Waals surface area (Å²) < 4.78 is 0. The Balaban J connectivity index is 1.69. The highest BCUT2D eigenvalue weighted by Crippen LogP contribution is 2.23. The van der Waals surface area contributed by atoms with Gasteiger partial charge in [0.25, 0.3) is 0 Å². The summed E-state index contributed by atoms with van der Waals surface area (Å²) in [6.45, 7) is 4.76. The number of hydrogen-bond donors (Lipinski definition) is 2. The van der Waals surface area contributed by atoms with Crippen molar-refractivity contribution in [3.05, 3.63) is 58.3 Å². The molecule has 0 saturated carbocycles. The molecule has 0 fully saturated rings. The van der Waals surface area contributed by atoms with E-state index < -0.39 is 0 Å². The van der Waals surface area contributed by atoms with Crippen LogP contribution in [0.5, 0.6) is 0 Å². The standard InChI is InChI=1S/C24H30N4O2/c1-5-18-13-20(16(2)11-21(18)25-3)15-28(4)23(30)10-9-17-12-19-7-6-8-22(29)27-24(19)26-14-17/h9-14,25H,5-8,15H2,1-4H3,(H,26,27,29)/b10-9+. The number of nitrogens with one attached hydrogen (secondary N) is 2. The van der Waals surface area contributed by atoms with Crippen molar-refractivity contribution < 1.29 is 9.59 Å². The predicted octanol–water partition coefficient (Wildman–Crippen LogP) is 3.94. The van der Waals surface area contributed by atoms with Crippen molar-refractivity contribution in [3.63, 3.8) is 0 Å². The lowest BCUT2D eigenvalue weighted by atomic mass is 10.0. The zero-order valence-electron chi connectivity index (χ0n) is 18.2. The van der Waals surface area contributed by atoms with Crippen LogP contribution < -0.4 is 10.6 Å². The lowest BCUT2D eigenvalue weighted by molar-refractivity contribution is -0.125. The van der Waals surface area contributed by atoms with Gasteiger partial charge in [0, 0.05) is 45.0 Å². The number of amides is 2. The Morgan fingerprint density at radius 2 is 2.07 bits per heavy atom. The summed E-state index contributed by atoms with van der Waals surface area (Å²) in [7, 11) is 3.74. The number of aryl methyl sites for hydroxylation is 3. The molecule has 0 unspecified atom stereocenters. The Morgan fingerprint density at radius 3 is 2.80 bits per heavy atom. The molecule has 158 valence electrons. The third-order valence-corrected chi connectivity index (χ3v) is 5.51. The van der Waals surface area contributed by atoms with Gasteiger partial charge in [-0.25, -0.2) is 4.98 Å². The first-order valence-electron chi connectivity index (χ1n) is 10.4. The van der Waals surface area contributed by atoms with Crippen LogP contribution in [-0.4, -0.2) is 35.8 Å². The number of pyridine rings is 1. The van der Waals surface area contributed by atoms with Gasteiger partial charge in [0.1, 0.15) is 5.82 Å². The largest absolute Gasteiger partial charge is 0.388 e. The van der Waals surface area contributed by atoms with Crippen molar-refractivity contribution in [2.24, 2.45) is 0 Å². The quantitative estimate of drug-likeness (QED) is 0.713. The van der Waals surface area contributed by atoms with Crippen LogP contribution >= 0.6 is 0 Å². The molecule has 2 heterocycles. The van der Waals surface area contributed by atoms with Crippen LogP contribution in [0.25, 0.3) is 6.08 Å². The highest BCUT2D eigenvalue weighted by atomic mass is 16.2. The van der Waals surface area contributed by atoms with E-state index in [0.717, 1.165) is 47.2 Å². The van der Waals surface area contributed by atoms with Crippen molar-refractivity contribution in [3.8, 4) is 0 Å². The summed E-state index contributed by atoms with van der Waals surface area (Å²) >= 11 is 0. The number of rotatable bonds is 6. The summed E-state index contributed by atoms with van der Waals surface area (Å²) in [5, 5.41) is 6.07. The highest BCUT2D eigenvalue weighted by Gasteiger charge is 2.14. The summed E-state index contributed by atoms with van der Waals surface area (Å²) in [5.74, 6) is 0.573. The number of anilines is 2. The Morgan fingerprint density at radius 1 is 1.27 bits per heavy atom. The van der Waals surface area contributed by atoms with Crippen LogP contribution in [0.15, 0.2) is 30.5 Å². The van der Waals surface area contributed by atoms with Crippen LogP contribution in [0.3, 0.4) is 0 Å². The van der Waals surface area contributed by atoms with E-state index in [1.807, 2.05) is 20.2 Å². The summed E-state index contributed by atoms with van der Waals surface area (Å²) in [6.07, 6.45) is 8.11. The molecular weight excluding hydrogens is 376 g/mol. The van der Waals surface area contributed by atoms with Crippen molar-refractivity contribution in [1.29, 1.82) is 0 Å². The summed E-state index contributed by atoms with van der Waals surface area (Å²) in [4.78, 5) is 30.4. The Hall–Kier alpha value is -3.15. The second-order valence-corrected chi connectivity index (χ2v) is 7.75. The number of nitrogens with zero attached hydrogens (tertiary/aromatic N) is 2. The monoisotopic (exact) mass is 406 g/mol. The maximum absolute atomic E-state index is 12.6. The minimum Gasteiger partial charge on any atom is -0.388 e. The van der Waals surface area contributed by atoms with Gasteiger partial charge in [0.2, 0.25) is 11.8 Å². The normalized spacial score (nSPS) is 13.5. The van der Waals surface area contributed by atoms with Crippen molar-refractivity contribution in [1.82, 2.24) is 9.88 Å². The van der Waals surface area contributed by atoms with E-state index in [1.165, 1.54) is 5.56 Å². The Kier molecular flexibility index (Phi) is 6.87. The topological polar surface area (TPSA) is 74.3 Å². The lowest BCUT2D eigenvalue weighted by Crippen LogP contribution is -2.24. The van der Waals surface area contributed by atoms with Crippen LogP contribution in [0.1, 0.15) is 47.6 Å².